The van der Waals surface area contributed by atoms with Gasteiger partial charge < -0.3 is 20.3 Å². The molecule has 2 rings (SSSR count). The van der Waals surface area contributed by atoms with Crippen molar-refractivity contribution in [2.45, 2.75) is 6.42 Å². The van der Waals surface area contributed by atoms with Gasteiger partial charge >= 0.3 is 0 Å². The number of rotatable bonds is 9. The molecule has 0 spiro atoms. The van der Waals surface area contributed by atoms with E-state index in [0.29, 0.717) is 5.69 Å². The summed E-state index contributed by atoms with van der Waals surface area (Å²) < 4.78 is 18.2. The Balaban J connectivity index is 1.70. The van der Waals surface area contributed by atoms with E-state index in [4.69, 9.17) is 4.74 Å². The van der Waals surface area contributed by atoms with Gasteiger partial charge in [0.1, 0.15) is 11.6 Å². The highest BCUT2D eigenvalue weighted by Gasteiger charge is 2.13. The van der Waals surface area contributed by atoms with Crippen LogP contribution in [0.25, 0.3) is 6.08 Å². The molecule has 2 aromatic carbocycles. The minimum absolute atomic E-state index is 0.0475. The van der Waals surface area contributed by atoms with Gasteiger partial charge in [-0.2, -0.15) is 0 Å². The van der Waals surface area contributed by atoms with Crippen molar-refractivity contribution in [3.63, 3.8) is 0 Å². The molecule has 8 heteroatoms. The molecule has 30 heavy (non-hydrogen) atoms. The standard InChI is InChI=1S/C22H24FN3O4/c1-26(15-21(28)25-18-5-3-4-17(23)14-18)22(29)12-13-24-20(27)11-8-16-6-9-19(30-2)10-7-16/h3-11,14H,12-13,15H2,1-2H3,(H,24,27)(H,25,28)/b11-8+. The number of anilines is 1. The molecule has 0 radical (unpaired) electrons. The minimum Gasteiger partial charge on any atom is -0.497 e. The number of nitrogens with one attached hydrogen (secondary N) is 2. The maximum absolute atomic E-state index is 13.1. The zero-order valence-electron chi connectivity index (χ0n) is 16.9. The van der Waals surface area contributed by atoms with Crippen LogP contribution in [0.15, 0.2) is 54.6 Å². The number of ether oxygens (including phenoxy) is 1. The topological polar surface area (TPSA) is 87.7 Å². The number of halogens is 1. The molecule has 0 unspecified atom stereocenters. The summed E-state index contributed by atoms with van der Waals surface area (Å²) in [5.41, 5.74) is 1.16. The first-order valence-corrected chi connectivity index (χ1v) is 9.26. The highest BCUT2D eigenvalue weighted by Crippen LogP contribution is 2.12. The summed E-state index contributed by atoms with van der Waals surface area (Å²) in [4.78, 5) is 37.2. The Labute approximate surface area is 174 Å². The third-order valence-electron chi connectivity index (χ3n) is 4.10. The number of benzene rings is 2. The van der Waals surface area contributed by atoms with Gasteiger partial charge in [0.05, 0.1) is 13.7 Å². The predicted octanol–water partition coefficient (Wildman–Crippen LogP) is 2.45. The second-order valence-corrected chi connectivity index (χ2v) is 6.46. The number of hydrogen-bond donors (Lipinski definition) is 2. The summed E-state index contributed by atoms with van der Waals surface area (Å²) in [6, 6.07) is 12.7. The molecular formula is C22H24FN3O4. The van der Waals surface area contributed by atoms with E-state index in [2.05, 4.69) is 10.6 Å². The normalized spacial score (nSPS) is 10.5. The molecule has 0 heterocycles. The summed E-state index contributed by atoms with van der Waals surface area (Å²) in [6.07, 6.45) is 3.08. The molecule has 2 N–H and O–H groups in total. The third-order valence-corrected chi connectivity index (χ3v) is 4.10. The lowest BCUT2D eigenvalue weighted by Crippen LogP contribution is -2.36. The molecule has 158 valence electrons. The van der Waals surface area contributed by atoms with E-state index in [1.54, 1.807) is 31.4 Å². The molecule has 3 amide bonds. The molecule has 2 aromatic rings. The second-order valence-electron chi connectivity index (χ2n) is 6.46. The monoisotopic (exact) mass is 413 g/mol. The Bertz CT molecular complexity index is 913. The number of hydrogen-bond acceptors (Lipinski definition) is 4. The quantitative estimate of drug-likeness (QED) is 0.618. The van der Waals surface area contributed by atoms with Crippen molar-refractivity contribution in [2.75, 3.05) is 32.6 Å². The maximum Gasteiger partial charge on any atom is 0.244 e. The fourth-order valence-electron chi connectivity index (χ4n) is 2.50. The van der Waals surface area contributed by atoms with Crippen molar-refractivity contribution in [3.8, 4) is 5.75 Å². The van der Waals surface area contributed by atoms with E-state index in [9.17, 15) is 18.8 Å². The summed E-state index contributed by atoms with van der Waals surface area (Å²) in [7, 11) is 3.06. The zero-order chi connectivity index (χ0) is 21.9. The van der Waals surface area contributed by atoms with Gasteiger partial charge in [-0.3, -0.25) is 14.4 Å². The van der Waals surface area contributed by atoms with Crippen LogP contribution in [0, 0.1) is 5.82 Å². The van der Waals surface area contributed by atoms with E-state index in [1.807, 2.05) is 12.1 Å². The third kappa shape index (κ3) is 7.75. The first-order valence-electron chi connectivity index (χ1n) is 9.26. The Morgan fingerprint density at radius 1 is 1.13 bits per heavy atom. The second kappa shape index (κ2) is 11.4. The van der Waals surface area contributed by atoms with Crippen LogP contribution in [-0.2, 0) is 14.4 Å². The van der Waals surface area contributed by atoms with Crippen LogP contribution >= 0.6 is 0 Å². The first-order chi connectivity index (χ1) is 14.4. The number of carbonyl (C=O) groups is 3. The number of carbonyl (C=O) groups excluding carboxylic acids is 3. The van der Waals surface area contributed by atoms with Crippen molar-refractivity contribution in [2.24, 2.45) is 0 Å². The van der Waals surface area contributed by atoms with Crippen LogP contribution in [0.3, 0.4) is 0 Å². The maximum atomic E-state index is 13.1. The van der Waals surface area contributed by atoms with Gasteiger partial charge in [0, 0.05) is 31.8 Å². The van der Waals surface area contributed by atoms with E-state index in [-0.39, 0.29) is 31.3 Å². The highest BCUT2D eigenvalue weighted by atomic mass is 19.1. The number of methoxy groups -OCH3 is 1. The SMILES string of the molecule is COc1ccc(/C=C/C(=O)NCCC(=O)N(C)CC(=O)Nc2cccc(F)c2)cc1. The Morgan fingerprint density at radius 3 is 2.53 bits per heavy atom. The van der Waals surface area contributed by atoms with Gasteiger partial charge in [-0.1, -0.05) is 18.2 Å². The summed E-state index contributed by atoms with van der Waals surface area (Å²) in [5, 5.41) is 5.14. The lowest BCUT2D eigenvalue weighted by molar-refractivity contribution is -0.133. The van der Waals surface area contributed by atoms with Gasteiger partial charge in [-0.05, 0) is 42.0 Å². The largest absolute Gasteiger partial charge is 0.497 e. The summed E-state index contributed by atoms with van der Waals surface area (Å²) in [5.74, 6) is -0.810. The van der Waals surface area contributed by atoms with Crippen molar-refractivity contribution in [3.05, 3.63) is 66.0 Å². The Morgan fingerprint density at radius 2 is 1.87 bits per heavy atom. The molecule has 0 aliphatic carbocycles. The Hall–Kier alpha value is -3.68. The fourth-order valence-corrected chi connectivity index (χ4v) is 2.50. The van der Waals surface area contributed by atoms with Crippen LogP contribution in [0.5, 0.6) is 5.75 Å². The molecule has 0 saturated carbocycles. The predicted molar refractivity (Wildman–Crippen MR) is 112 cm³/mol. The molecule has 0 saturated heterocycles. The van der Waals surface area contributed by atoms with E-state index >= 15 is 0 Å². The van der Waals surface area contributed by atoms with Gasteiger partial charge in [0.2, 0.25) is 17.7 Å². The van der Waals surface area contributed by atoms with Crippen LogP contribution in [0.2, 0.25) is 0 Å². The first kappa shape index (κ1) is 22.6. The van der Waals surface area contributed by atoms with Crippen molar-refractivity contribution >= 4 is 29.5 Å². The Kier molecular flexibility index (Phi) is 8.56. The number of likely N-dealkylation sites (N-methyl/N-ethyl adjacent to an activating group) is 1. The lowest BCUT2D eigenvalue weighted by Gasteiger charge is -2.17. The van der Waals surface area contributed by atoms with Gasteiger partial charge in [0.25, 0.3) is 0 Å². The molecule has 0 atom stereocenters. The lowest BCUT2D eigenvalue weighted by atomic mass is 10.2. The van der Waals surface area contributed by atoms with Gasteiger partial charge in [0.15, 0.2) is 0 Å². The highest BCUT2D eigenvalue weighted by molar-refractivity contribution is 5.95. The van der Waals surface area contributed by atoms with Gasteiger partial charge in [-0.25, -0.2) is 4.39 Å². The van der Waals surface area contributed by atoms with Crippen molar-refractivity contribution in [1.29, 1.82) is 0 Å². The number of nitrogens with zero attached hydrogens (tertiary/aromatic N) is 1. The summed E-state index contributed by atoms with van der Waals surface area (Å²) >= 11 is 0. The number of amides is 3. The van der Waals surface area contributed by atoms with Gasteiger partial charge in [-0.15, -0.1) is 0 Å². The molecule has 0 aliphatic rings. The summed E-state index contributed by atoms with van der Waals surface area (Å²) in [6.45, 7) is -0.0405. The van der Waals surface area contributed by atoms with Crippen LogP contribution in [0.1, 0.15) is 12.0 Å². The van der Waals surface area contributed by atoms with E-state index in [0.717, 1.165) is 11.3 Å². The zero-order valence-corrected chi connectivity index (χ0v) is 16.9. The average molecular weight is 413 g/mol. The molecular weight excluding hydrogens is 389 g/mol. The molecule has 0 aromatic heterocycles. The van der Waals surface area contributed by atoms with Crippen LogP contribution < -0.4 is 15.4 Å². The van der Waals surface area contributed by atoms with E-state index < -0.39 is 11.7 Å². The van der Waals surface area contributed by atoms with Crippen molar-refractivity contribution in [1.82, 2.24) is 10.2 Å². The molecule has 7 nitrogen and oxygen atoms in total. The average Bonchev–Trinajstić information content (AvgIpc) is 2.72. The molecule has 0 fully saturated rings. The van der Waals surface area contributed by atoms with Crippen LogP contribution in [0.4, 0.5) is 10.1 Å². The van der Waals surface area contributed by atoms with Crippen molar-refractivity contribution < 1.29 is 23.5 Å². The van der Waals surface area contributed by atoms with E-state index in [1.165, 1.54) is 36.2 Å². The minimum atomic E-state index is -0.464. The van der Waals surface area contributed by atoms with Crippen LogP contribution in [-0.4, -0.2) is 49.9 Å². The molecule has 0 bridgehead atoms. The smallest absolute Gasteiger partial charge is 0.244 e. The fraction of sp³-hybridized carbons (Fsp3) is 0.227. The molecule has 0 aliphatic heterocycles.